The van der Waals surface area contributed by atoms with Crippen molar-refractivity contribution in [3.8, 4) is 0 Å². The van der Waals surface area contributed by atoms with Gasteiger partial charge in [-0.1, -0.05) is 31.2 Å². The minimum absolute atomic E-state index is 0.00854. The smallest absolute Gasteiger partial charge is 0.240 e. The van der Waals surface area contributed by atoms with Crippen molar-refractivity contribution in [1.29, 1.82) is 0 Å². The lowest BCUT2D eigenvalue weighted by Crippen LogP contribution is -2.43. The molecule has 1 atom stereocenters. The first-order valence-corrected chi connectivity index (χ1v) is 10.2. The third-order valence-corrected chi connectivity index (χ3v) is 5.55. The second kappa shape index (κ2) is 8.93. The number of thioether (sulfide) groups is 1. The average Bonchev–Trinajstić information content (AvgIpc) is 2.70. The van der Waals surface area contributed by atoms with Crippen LogP contribution in [0.3, 0.4) is 0 Å². The van der Waals surface area contributed by atoms with E-state index in [4.69, 9.17) is 0 Å². The Bertz CT molecular complexity index is 883. The Morgan fingerprint density at radius 1 is 1.11 bits per heavy atom. The highest BCUT2D eigenvalue weighted by Gasteiger charge is 2.26. The van der Waals surface area contributed by atoms with Gasteiger partial charge >= 0.3 is 0 Å². The molecule has 2 aromatic rings. The van der Waals surface area contributed by atoms with Gasteiger partial charge in [0.15, 0.2) is 0 Å². The van der Waals surface area contributed by atoms with E-state index in [9.17, 15) is 14.4 Å². The molecule has 6 nitrogen and oxygen atoms in total. The van der Waals surface area contributed by atoms with E-state index < -0.39 is 0 Å². The molecule has 0 fully saturated rings. The van der Waals surface area contributed by atoms with Gasteiger partial charge in [-0.3, -0.25) is 14.4 Å². The number of amides is 3. The number of anilines is 2. The van der Waals surface area contributed by atoms with Crippen molar-refractivity contribution in [2.24, 2.45) is 0 Å². The third-order valence-electron chi connectivity index (χ3n) is 4.50. The van der Waals surface area contributed by atoms with Crippen LogP contribution in [0.15, 0.2) is 53.4 Å². The van der Waals surface area contributed by atoms with Gasteiger partial charge in [0, 0.05) is 17.0 Å². The number of nitrogens with zero attached hydrogens (tertiary/aromatic N) is 1. The second-order valence-electron chi connectivity index (χ2n) is 6.55. The monoisotopic (exact) mass is 397 g/mol. The fourth-order valence-corrected chi connectivity index (χ4v) is 3.88. The predicted molar refractivity (Wildman–Crippen MR) is 111 cm³/mol. The van der Waals surface area contributed by atoms with Gasteiger partial charge < -0.3 is 15.5 Å². The number of carbonyl (C=O) groups is 3. The predicted octanol–water partition coefficient (Wildman–Crippen LogP) is 3.35. The molecular weight excluding hydrogens is 374 g/mol. The molecule has 3 rings (SSSR count). The highest BCUT2D eigenvalue weighted by Crippen LogP contribution is 2.34. The molecule has 0 saturated heterocycles. The summed E-state index contributed by atoms with van der Waals surface area (Å²) in [7, 11) is 0. The van der Waals surface area contributed by atoms with E-state index in [0.717, 1.165) is 21.8 Å². The summed E-state index contributed by atoms with van der Waals surface area (Å²) in [5.41, 5.74) is 2.42. The fourth-order valence-electron chi connectivity index (χ4n) is 2.95. The van der Waals surface area contributed by atoms with Crippen LogP contribution in [-0.2, 0) is 14.4 Å². The summed E-state index contributed by atoms with van der Waals surface area (Å²) < 4.78 is 0. The number of fused-ring (bicyclic) bond motifs is 1. The first-order valence-electron chi connectivity index (χ1n) is 9.19. The highest BCUT2D eigenvalue weighted by atomic mass is 32.2. The summed E-state index contributed by atoms with van der Waals surface area (Å²) in [5, 5.41) is 5.73. The molecule has 2 N–H and O–H groups in total. The molecule has 2 aromatic carbocycles. The van der Waals surface area contributed by atoms with Crippen molar-refractivity contribution in [3.05, 3.63) is 54.1 Å². The van der Waals surface area contributed by atoms with E-state index in [2.05, 4.69) is 10.6 Å². The molecule has 1 aliphatic heterocycles. The summed E-state index contributed by atoms with van der Waals surface area (Å²) in [5.74, 6) is 0.0114. The van der Waals surface area contributed by atoms with Crippen molar-refractivity contribution in [3.63, 3.8) is 0 Å². The van der Waals surface area contributed by atoms with E-state index in [1.807, 2.05) is 55.5 Å². The number of para-hydroxylation sites is 1. The van der Waals surface area contributed by atoms with Gasteiger partial charge in [0.25, 0.3) is 0 Å². The quantitative estimate of drug-likeness (QED) is 0.784. The van der Waals surface area contributed by atoms with Crippen LogP contribution in [0.5, 0.6) is 0 Å². The highest BCUT2D eigenvalue weighted by molar-refractivity contribution is 8.00. The second-order valence-corrected chi connectivity index (χ2v) is 7.57. The average molecular weight is 398 g/mol. The molecule has 28 heavy (non-hydrogen) atoms. The molecular formula is C21H23N3O3S. The molecule has 0 bridgehead atoms. The Balaban J connectivity index is 1.62. The van der Waals surface area contributed by atoms with Gasteiger partial charge in [-0.25, -0.2) is 0 Å². The minimum atomic E-state index is -0.217. The number of benzene rings is 2. The lowest BCUT2D eigenvalue weighted by molar-refractivity contribution is -0.123. The van der Waals surface area contributed by atoms with E-state index in [1.165, 1.54) is 16.7 Å². The molecule has 1 aliphatic rings. The standard InChI is InChI=1S/C21H23N3O3S/c1-3-19(25)23-16-10-8-15(9-11-16)14(2)22-20(26)12-24-17-6-4-5-7-18(17)28-13-21(24)27/h4-11,14H,3,12-13H2,1-2H3,(H,22,26)(H,23,25). The molecule has 0 aliphatic carbocycles. The maximum atomic E-state index is 12.5. The lowest BCUT2D eigenvalue weighted by Gasteiger charge is -2.28. The summed E-state index contributed by atoms with van der Waals surface area (Å²) in [4.78, 5) is 38.8. The lowest BCUT2D eigenvalue weighted by atomic mass is 10.1. The largest absolute Gasteiger partial charge is 0.348 e. The van der Waals surface area contributed by atoms with Gasteiger partial charge in [-0.2, -0.15) is 0 Å². The normalized spacial score (nSPS) is 14.2. The number of rotatable bonds is 6. The molecule has 0 aromatic heterocycles. The van der Waals surface area contributed by atoms with Gasteiger partial charge in [0.1, 0.15) is 6.54 Å². The number of nitrogens with one attached hydrogen (secondary N) is 2. The number of hydrogen-bond acceptors (Lipinski definition) is 4. The molecule has 1 heterocycles. The van der Waals surface area contributed by atoms with Gasteiger partial charge in [-0.15, -0.1) is 11.8 Å². The van der Waals surface area contributed by atoms with Crippen LogP contribution in [0.2, 0.25) is 0 Å². The summed E-state index contributed by atoms with van der Waals surface area (Å²) in [6.07, 6.45) is 0.422. The summed E-state index contributed by atoms with van der Waals surface area (Å²) in [6, 6.07) is 14.8. The van der Waals surface area contributed by atoms with Crippen LogP contribution in [0, 0.1) is 0 Å². The Kier molecular flexibility index (Phi) is 6.36. The zero-order valence-corrected chi connectivity index (χ0v) is 16.7. The fraction of sp³-hybridized carbons (Fsp3) is 0.286. The summed E-state index contributed by atoms with van der Waals surface area (Å²) >= 11 is 1.49. The Morgan fingerprint density at radius 3 is 2.54 bits per heavy atom. The van der Waals surface area contributed by atoms with Crippen LogP contribution < -0.4 is 15.5 Å². The molecule has 7 heteroatoms. The molecule has 146 valence electrons. The topological polar surface area (TPSA) is 78.5 Å². The van der Waals surface area contributed by atoms with E-state index >= 15 is 0 Å². The molecule has 0 spiro atoms. The Morgan fingerprint density at radius 2 is 1.82 bits per heavy atom. The van der Waals surface area contributed by atoms with Gasteiger partial charge in [0.05, 0.1) is 17.5 Å². The maximum Gasteiger partial charge on any atom is 0.240 e. The van der Waals surface area contributed by atoms with Crippen molar-refractivity contribution in [2.45, 2.75) is 31.2 Å². The van der Waals surface area contributed by atoms with Crippen LogP contribution in [0.25, 0.3) is 0 Å². The Labute approximate surface area is 168 Å². The van der Waals surface area contributed by atoms with Gasteiger partial charge in [-0.05, 0) is 36.8 Å². The van der Waals surface area contributed by atoms with E-state index in [1.54, 1.807) is 6.92 Å². The van der Waals surface area contributed by atoms with Crippen LogP contribution >= 0.6 is 11.8 Å². The number of hydrogen-bond donors (Lipinski definition) is 2. The van der Waals surface area contributed by atoms with E-state index in [-0.39, 0.29) is 30.3 Å². The van der Waals surface area contributed by atoms with Crippen molar-refractivity contribution >= 4 is 40.9 Å². The van der Waals surface area contributed by atoms with Crippen LogP contribution in [0.4, 0.5) is 11.4 Å². The summed E-state index contributed by atoms with van der Waals surface area (Å²) in [6.45, 7) is 3.68. The maximum absolute atomic E-state index is 12.5. The SMILES string of the molecule is CCC(=O)Nc1ccc(C(C)NC(=O)CN2C(=O)CSc3ccccc32)cc1. The minimum Gasteiger partial charge on any atom is -0.348 e. The van der Waals surface area contributed by atoms with Crippen molar-refractivity contribution in [1.82, 2.24) is 5.32 Å². The number of carbonyl (C=O) groups excluding carboxylic acids is 3. The van der Waals surface area contributed by atoms with Crippen molar-refractivity contribution in [2.75, 3.05) is 22.5 Å². The molecule has 1 unspecified atom stereocenters. The zero-order chi connectivity index (χ0) is 20.1. The first-order chi connectivity index (χ1) is 13.5. The van der Waals surface area contributed by atoms with Crippen LogP contribution in [0.1, 0.15) is 31.9 Å². The molecule has 0 radical (unpaired) electrons. The molecule has 3 amide bonds. The van der Waals surface area contributed by atoms with Gasteiger partial charge in [0.2, 0.25) is 17.7 Å². The van der Waals surface area contributed by atoms with Crippen LogP contribution in [-0.4, -0.2) is 30.0 Å². The Hall–Kier alpha value is -2.80. The molecule has 0 saturated carbocycles. The third kappa shape index (κ3) is 4.72. The van der Waals surface area contributed by atoms with E-state index in [0.29, 0.717) is 12.2 Å². The zero-order valence-electron chi connectivity index (χ0n) is 15.9. The van der Waals surface area contributed by atoms with Crippen molar-refractivity contribution < 1.29 is 14.4 Å². The first kappa shape index (κ1) is 19.9.